The van der Waals surface area contributed by atoms with Gasteiger partial charge in [-0.05, 0) is 24.7 Å². The number of rotatable bonds is 5. The first-order chi connectivity index (χ1) is 8.20. The highest BCUT2D eigenvalue weighted by Gasteiger charge is 2.32. The maximum Gasteiger partial charge on any atom is 0.339 e. The standard InChI is InChI=1S/C14H18O3/c15-12-7-13(17-14(16)8-12)11(5-9-1-2-9)6-10-3-4-10/h7-11,15H,1-6H2. The van der Waals surface area contributed by atoms with Crippen LogP contribution in [-0.2, 0) is 0 Å². The lowest BCUT2D eigenvalue weighted by molar-refractivity contribution is 0.367. The summed E-state index contributed by atoms with van der Waals surface area (Å²) in [6.45, 7) is 0. The Hall–Kier alpha value is -1.25. The third-order valence-corrected chi connectivity index (χ3v) is 3.81. The Morgan fingerprint density at radius 3 is 2.24 bits per heavy atom. The average molecular weight is 234 g/mol. The fraction of sp³-hybridized carbons (Fsp3) is 0.643. The van der Waals surface area contributed by atoms with Crippen molar-refractivity contribution >= 4 is 0 Å². The van der Waals surface area contributed by atoms with Gasteiger partial charge in [-0.15, -0.1) is 0 Å². The van der Waals surface area contributed by atoms with E-state index in [0.29, 0.717) is 11.7 Å². The Labute approximate surface area is 100 Å². The summed E-state index contributed by atoms with van der Waals surface area (Å²) in [4.78, 5) is 11.3. The van der Waals surface area contributed by atoms with Gasteiger partial charge in [0.1, 0.15) is 11.5 Å². The molecule has 0 unspecified atom stereocenters. The Kier molecular flexibility index (Phi) is 2.69. The zero-order valence-electron chi connectivity index (χ0n) is 9.89. The Morgan fingerprint density at radius 2 is 1.76 bits per heavy atom. The lowest BCUT2D eigenvalue weighted by Crippen LogP contribution is -2.06. The summed E-state index contributed by atoms with van der Waals surface area (Å²) in [6, 6.07) is 2.76. The summed E-state index contributed by atoms with van der Waals surface area (Å²) in [5, 5.41) is 9.48. The highest BCUT2D eigenvalue weighted by molar-refractivity contribution is 5.21. The van der Waals surface area contributed by atoms with Gasteiger partial charge in [-0.2, -0.15) is 0 Å². The average Bonchev–Trinajstić information content (AvgIpc) is 3.09. The van der Waals surface area contributed by atoms with Crippen molar-refractivity contribution in [2.75, 3.05) is 0 Å². The van der Waals surface area contributed by atoms with Gasteiger partial charge >= 0.3 is 5.63 Å². The molecular formula is C14H18O3. The van der Waals surface area contributed by atoms with Crippen molar-refractivity contribution in [1.82, 2.24) is 0 Å². The minimum atomic E-state index is -0.434. The molecule has 1 N–H and O–H groups in total. The van der Waals surface area contributed by atoms with Crippen LogP contribution in [0, 0.1) is 11.8 Å². The molecule has 0 saturated heterocycles. The second-order valence-corrected chi connectivity index (χ2v) is 5.59. The van der Waals surface area contributed by atoms with E-state index in [1.165, 1.54) is 25.7 Å². The lowest BCUT2D eigenvalue weighted by atomic mass is 9.93. The molecule has 0 atom stereocenters. The van der Waals surface area contributed by atoms with Gasteiger partial charge in [0.05, 0.1) is 6.07 Å². The molecular weight excluding hydrogens is 216 g/mol. The third-order valence-electron chi connectivity index (χ3n) is 3.81. The summed E-state index contributed by atoms with van der Waals surface area (Å²) in [7, 11) is 0. The van der Waals surface area contributed by atoms with Gasteiger partial charge in [0.25, 0.3) is 0 Å². The lowest BCUT2D eigenvalue weighted by Gasteiger charge is -2.15. The quantitative estimate of drug-likeness (QED) is 0.852. The van der Waals surface area contributed by atoms with E-state index in [2.05, 4.69) is 0 Å². The summed E-state index contributed by atoms with van der Waals surface area (Å²) in [6.07, 6.45) is 7.47. The van der Waals surface area contributed by atoms with Crippen LogP contribution in [0.2, 0.25) is 0 Å². The van der Waals surface area contributed by atoms with Crippen molar-refractivity contribution in [2.24, 2.45) is 11.8 Å². The summed E-state index contributed by atoms with van der Waals surface area (Å²) >= 11 is 0. The van der Waals surface area contributed by atoms with Gasteiger partial charge in [-0.1, -0.05) is 25.7 Å². The SMILES string of the molecule is O=c1cc(O)cc(C(CC2CC2)CC2CC2)o1. The van der Waals surface area contributed by atoms with E-state index in [1.807, 2.05) is 0 Å². The third kappa shape index (κ3) is 2.90. The van der Waals surface area contributed by atoms with Crippen LogP contribution in [0.25, 0.3) is 0 Å². The van der Waals surface area contributed by atoms with Crippen molar-refractivity contribution in [3.8, 4) is 5.75 Å². The van der Waals surface area contributed by atoms with Gasteiger partial charge in [-0.3, -0.25) is 0 Å². The molecule has 2 fully saturated rings. The molecule has 0 radical (unpaired) electrons. The molecule has 3 rings (SSSR count). The second kappa shape index (κ2) is 4.21. The van der Waals surface area contributed by atoms with Crippen molar-refractivity contribution in [3.63, 3.8) is 0 Å². The van der Waals surface area contributed by atoms with Crippen LogP contribution < -0.4 is 5.63 Å². The van der Waals surface area contributed by atoms with Crippen molar-refractivity contribution in [3.05, 3.63) is 28.3 Å². The van der Waals surface area contributed by atoms with E-state index in [1.54, 1.807) is 6.07 Å². The maximum absolute atomic E-state index is 11.3. The van der Waals surface area contributed by atoms with Gasteiger partial charge in [0, 0.05) is 12.0 Å². The van der Waals surface area contributed by atoms with E-state index in [-0.39, 0.29) is 5.75 Å². The zero-order valence-corrected chi connectivity index (χ0v) is 9.89. The second-order valence-electron chi connectivity index (χ2n) is 5.59. The maximum atomic E-state index is 11.3. The molecule has 92 valence electrons. The molecule has 3 heteroatoms. The molecule has 0 spiro atoms. The Bertz CT molecular complexity index is 441. The van der Waals surface area contributed by atoms with Crippen LogP contribution in [0.5, 0.6) is 5.75 Å². The summed E-state index contributed by atoms with van der Waals surface area (Å²) in [5.74, 6) is 2.68. The van der Waals surface area contributed by atoms with Crippen LogP contribution in [0.15, 0.2) is 21.3 Å². The molecule has 3 nitrogen and oxygen atoms in total. The molecule has 2 aliphatic rings. The Balaban J connectivity index is 1.80. The molecule has 2 saturated carbocycles. The highest BCUT2D eigenvalue weighted by atomic mass is 16.4. The van der Waals surface area contributed by atoms with Gasteiger partial charge in [-0.25, -0.2) is 4.79 Å². The molecule has 1 aromatic rings. The van der Waals surface area contributed by atoms with Crippen LogP contribution in [0.4, 0.5) is 0 Å². The normalized spacial score (nSPS) is 19.8. The summed E-state index contributed by atoms with van der Waals surface area (Å²) in [5.41, 5.74) is -0.434. The highest BCUT2D eigenvalue weighted by Crippen LogP contribution is 2.45. The molecule has 2 aliphatic carbocycles. The van der Waals surface area contributed by atoms with Crippen LogP contribution in [0.3, 0.4) is 0 Å². The largest absolute Gasteiger partial charge is 0.508 e. The van der Waals surface area contributed by atoms with E-state index in [0.717, 1.165) is 30.7 Å². The first kappa shape index (κ1) is 10.9. The van der Waals surface area contributed by atoms with Crippen LogP contribution in [0.1, 0.15) is 50.2 Å². The van der Waals surface area contributed by atoms with E-state index in [9.17, 15) is 9.90 Å². The number of hydrogen-bond donors (Lipinski definition) is 1. The van der Waals surface area contributed by atoms with Gasteiger partial charge in [0.2, 0.25) is 0 Å². The summed E-state index contributed by atoms with van der Waals surface area (Å²) < 4.78 is 5.26. The minimum Gasteiger partial charge on any atom is -0.508 e. The molecule has 17 heavy (non-hydrogen) atoms. The number of aromatic hydroxyl groups is 1. The molecule has 0 amide bonds. The fourth-order valence-electron chi connectivity index (χ4n) is 2.52. The zero-order chi connectivity index (χ0) is 11.8. The smallest absolute Gasteiger partial charge is 0.339 e. The predicted octanol–water partition coefficient (Wildman–Crippen LogP) is 3.03. The minimum absolute atomic E-state index is 0.0350. The molecule has 0 bridgehead atoms. The van der Waals surface area contributed by atoms with Gasteiger partial charge < -0.3 is 9.52 Å². The predicted molar refractivity (Wildman–Crippen MR) is 64.1 cm³/mol. The molecule has 0 aromatic carbocycles. The van der Waals surface area contributed by atoms with Gasteiger partial charge in [0.15, 0.2) is 0 Å². The fourth-order valence-corrected chi connectivity index (χ4v) is 2.52. The Morgan fingerprint density at radius 1 is 1.18 bits per heavy atom. The molecule has 1 aromatic heterocycles. The molecule has 1 heterocycles. The first-order valence-corrected chi connectivity index (χ1v) is 6.55. The topological polar surface area (TPSA) is 50.4 Å². The van der Waals surface area contributed by atoms with Crippen molar-refractivity contribution < 1.29 is 9.52 Å². The molecule has 0 aliphatic heterocycles. The van der Waals surface area contributed by atoms with E-state index < -0.39 is 5.63 Å². The monoisotopic (exact) mass is 234 g/mol. The van der Waals surface area contributed by atoms with Crippen LogP contribution in [-0.4, -0.2) is 5.11 Å². The first-order valence-electron chi connectivity index (χ1n) is 6.55. The number of hydrogen-bond acceptors (Lipinski definition) is 3. The van der Waals surface area contributed by atoms with E-state index >= 15 is 0 Å². The van der Waals surface area contributed by atoms with Crippen molar-refractivity contribution in [1.29, 1.82) is 0 Å². The van der Waals surface area contributed by atoms with Crippen LogP contribution >= 0.6 is 0 Å². The van der Waals surface area contributed by atoms with E-state index in [4.69, 9.17) is 4.42 Å². The van der Waals surface area contributed by atoms with Crippen molar-refractivity contribution in [2.45, 2.75) is 44.4 Å².